The molecule has 0 amide bonds. The minimum Gasteiger partial charge on any atom is -0.496 e. The Kier molecular flexibility index (Phi) is 5.54. The van der Waals surface area contributed by atoms with Gasteiger partial charge in [0.1, 0.15) is 11.5 Å². The van der Waals surface area contributed by atoms with Crippen molar-refractivity contribution in [3.63, 3.8) is 0 Å². The maximum Gasteiger partial charge on any atom is 0.261 e. The predicted octanol–water partition coefficient (Wildman–Crippen LogP) is 3.57. The van der Waals surface area contributed by atoms with Gasteiger partial charge in [0.05, 0.1) is 12.0 Å². The molecule has 0 atom stereocenters. The number of nitrogens with one attached hydrogen (secondary N) is 1. The topological polar surface area (TPSA) is 108 Å². The van der Waals surface area contributed by atoms with Crippen molar-refractivity contribution in [2.24, 2.45) is 0 Å². The van der Waals surface area contributed by atoms with Gasteiger partial charge in [0.25, 0.3) is 10.0 Å². The number of sulfonamides is 1. The van der Waals surface area contributed by atoms with E-state index in [0.29, 0.717) is 28.9 Å². The molecule has 0 saturated carbocycles. The third-order valence-electron chi connectivity index (χ3n) is 4.37. The van der Waals surface area contributed by atoms with Gasteiger partial charge < -0.3 is 9.47 Å². The molecule has 31 heavy (non-hydrogen) atoms. The van der Waals surface area contributed by atoms with E-state index < -0.39 is 10.0 Å². The van der Waals surface area contributed by atoms with E-state index in [2.05, 4.69) is 20.0 Å². The summed E-state index contributed by atoms with van der Waals surface area (Å²) < 4.78 is 40.3. The number of anilines is 1. The molecular formula is C21H19N5O4S. The number of aromatic nitrogens is 4. The standard InChI is InChI=1S/C21H19N5O4S/c1-15-14-18(8-9-19(15)29-2)31(27,28)25-16-4-6-17(7-5-16)30-21-11-10-20(23-24-21)26-13-3-12-22-26/h3-14,25H,1-2H3. The van der Waals surface area contributed by atoms with E-state index in [4.69, 9.17) is 9.47 Å². The van der Waals surface area contributed by atoms with Gasteiger partial charge in [-0.15, -0.1) is 10.2 Å². The molecule has 0 aliphatic carbocycles. The average Bonchev–Trinajstić information content (AvgIpc) is 3.30. The lowest BCUT2D eigenvalue weighted by molar-refractivity contribution is 0.411. The second-order valence-electron chi connectivity index (χ2n) is 6.54. The van der Waals surface area contributed by atoms with Crippen LogP contribution in [0.1, 0.15) is 5.56 Å². The first-order valence-electron chi connectivity index (χ1n) is 9.24. The zero-order valence-corrected chi connectivity index (χ0v) is 17.6. The van der Waals surface area contributed by atoms with E-state index in [1.807, 2.05) is 0 Å². The lowest BCUT2D eigenvalue weighted by Crippen LogP contribution is -2.13. The number of aryl methyl sites for hydroxylation is 1. The van der Waals surface area contributed by atoms with Gasteiger partial charge in [0.15, 0.2) is 5.82 Å². The number of rotatable bonds is 7. The highest BCUT2D eigenvalue weighted by Crippen LogP contribution is 2.25. The van der Waals surface area contributed by atoms with Gasteiger partial charge in [-0.25, -0.2) is 13.1 Å². The molecule has 2 heterocycles. The summed E-state index contributed by atoms with van der Waals surface area (Å²) in [6.45, 7) is 1.79. The van der Waals surface area contributed by atoms with Gasteiger partial charge in [-0.2, -0.15) is 5.10 Å². The van der Waals surface area contributed by atoms with E-state index in [-0.39, 0.29) is 4.90 Å². The molecule has 0 aliphatic rings. The van der Waals surface area contributed by atoms with Gasteiger partial charge in [-0.05, 0) is 67.1 Å². The van der Waals surface area contributed by atoms with Crippen LogP contribution >= 0.6 is 0 Å². The van der Waals surface area contributed by atoms with Gasteiger partial charge >= 0.3 is 0 Å². The van der Waals surface area contributed by atoms with Crippen LogP contribution in [-0.2, 0) is 10.0 Å². The Bertz CT molecular complexity index is 1270. The van der Waals surface area contributed by atoms with Crippen molar-refractivity contribution < 1.29 is 17.9 Å². The largest absolute Gasteiger partial charge is 0.496 e. The lowest BCUT2D eigenvalue weighted by Gasteiger charge is -2.11. The van der Waals surface area contributed by atoms with Crippen LogP contribution in [0.15, 0.2) is 78.0 Å². The Morgan fingerprint density at radius 1 is 1.00 bits per heavy atom. The zero-order valence-electron chi connectivity index (χ0n) is 16.8. The third kappa shape index (κ3) is 4.64. The molecule has 0 saturated heterocycles. The first-order chi connectivity index (χ1) is 14.9. The number of benzene rings is 2. The predicted molar refractivity (Wildman–Crippen MR) is 114 cm³/mol. The summed E-state index contributed by atoms with van der Waals surface area (Å²) in [6, 6.07) is 16.4. The highest BCUT2D eigenvalue weighted by molar-refractivity contribution is 7.92. The van der Waals surface area contributed by atoms with Crippen molar-refractivity contribution in [2.45, 2.75) is 11.8 Å². The molecule has 4 rings (SSSR count). The van der Waals surface area contributed by atoms with Crippen LogP contribution in [0.2, 0.25) is 0 Å². The van der Waals surface area contributed by atoms with Crippen LogP contribution in [0, 0.1) is 6.92 Å². The number of hydrogen-bond acceptors (Lipinski definition) is 7. The van der Waals surface area contributed by atoms with E-state index in [1.54, 1.807) is 78.6 Å². The van der Waals surface area contributed by atoms with Crippen molar-refractivity contribution in [1.29, 1.82) is 0 Å². The van der Waals surface area contributed by atoms with Crippen LogP contribution in [0.5, 0.6) is 17.4 Å². The third-order valence-corrected chi connectivity index (χ3v) is 5.75. The summed E-state index contributed by atoms with van der Waals surface area (Å²) in [6.07, 6.45) is 3.41. The van der Waals surface area contributed by atoms with Crippen molar-refractivity contribution in [2.75, 3.05) is 11.8 Å². The molecule has 2 aromatic carbocycles. The number of methoxy groups -OCH3 is 1. The molecule has 0 bridgehead atoms. The zero-order chi connectivity index (χ0) is 21.8. The highest BCUT2D eigenvalue weighted by Gasteiger charge is 2.16. The molecule has 10 heteroatoms. The fraction of sp³-hybridized carbons (Fsp3) is 0.0952. The van der Waals surface area contributed by atoms with Crippen LogP contribution < -0.4 is 14.2 Å². The normalized spacial score (nSPS) is 11.2. The number of hydrogen-bond donors (Lipinski definition) is 1. The Balaban J connectivity index is 1.44. The number of ether oxygens (including phenoxy) is 2. The Morgan fingerprint density at radius 3 is 2.42 bits per heavy atom. The summed E-state index contributed by atoms with van der Waals surface area (Å²) in [7, 11) is -2.20. The van der Waals surface area contributed by atoms with E-state index in [1.165, 1.54) is 13.2 Å². The monoisotopic (exact) mass is 437 g/mol. The van der Waals surface area contributed by atoms with Crippen LogP contribution in [-0.4, -0.2) is 35.5 Å². The summed E-state index contributed by atoms with van der Waals surface area (Å²) in [5, 5.41) is 12.2. The van der Waals surface area contributed by atoms with Crippen molar-refractivity contribution >= 4 is 15.7 Å². The average molecular weight is 437 g/mol. The first-order valence-corrected chi connectivity index (χ1v) is 10.7. The van der Waals surface area contributed by atoms with Crippen LogP contribution in [0.3, 0.4) is 0 Å². The van der Waals surface area contributed by atoms with Gasteiger partial charge in [0.2, 0.25) is 5.88 Å². The minimum absolute atomic E-state index is 0.152. The van der Waals surface area contributed by atoms with E-state index in [0.717, 1.165) is 5.56 Å². The molecule has 0 aliphatic heterocycles. The quantitative estimate of drug-likeness (QED) is 0.471. The maximum absolute atomic E-state index is 12.7. The van der Waals surface area contributed by atoms with Gasteiger partial charge in [-0.1, -0.05) is 0 Å². The molecule has 4 aromatic rings. The first kappa shape index (κ1) is 20.4. The molecule has 0 unspecified atom stereocenters. The molecule has 158 valence electrons. The number of nitrogens with zero attached hydrogens (tertiary/aromatic N) is 4. The van der Waals surface area contributed by atoms with Crippen molar-refractivity contribution in [3.05, 3.63) is 78.6 Å². The fourth-order valence-electron chi connectivity index (χ4n) is 2.84. The molecule has 0 spiro atoms. The Labute approximate surface area is 179 Å². The van der Waals surface area contributed by atoms with E-state index >= 15 is 0 Å². The highest BCUT2D eigenvalue weighted by atomic mass is 32.2. The molecule has 0 radical (unpaired) electrons. The summed E-state index contributed by atoms with van der Waals surface area (Å²) in [5.41, 5.74) is 1.13. The Hall–Kier alpha value is -3.92. The molecule has 1 N–H and O–H groups in total. The second kappa shape index (κ2) is 8.44. The van der Waals surface area contributed by atoms with Gasteiger partial charge in [-0.3, -0.25) is 4.72 Å². The van der Waals surface area contributed by atoms with Gasteiger partial charge in [0, 0.05) is 24.1 Å². The maximum atomic E-state index is 12.7. The minimum atomic E-state index is -3.74. The van der Waals surface area contributed by atoms with Crippen LogP contribution in [0.4, 0.5) is 5.69 Å². The van der Waals surface area contributed by atoms with Crippen molar-refractivity contribution in [3.8, 4) is 23.2 Å². The lowest BCUT2D eigenvalue weighted by atomic mass is 10.2. The molecule has 2 aromatic heterocycles. The van der Waals surface area contributed by atoms with E-state index in [9.17, 15) is 8.42 Å². The Morgan fingerprint density at radius 2 is 1.81 bits per heavy atom. The van der Waals surface area contributed by atoms with Crippen LogP contribution in [0.25, 0.3) is 5.82 Å². The van der Waals surface area contributed by atoms with Crippen molar-refractivity contribution in [1.82, 2.24) is 20.0 Å². The summed E-state index contributed by atoms with van der Waals surface area (Å²) in [4.78, 5) is 0.152. The second-order valence-corrected chi connectivity index (χ2v) is 8.23. The molecular weight excluding hydrogens is 418 g/mol. The molecule has 9 nitrogen and oxygen atoms in total. The summed E-state index contributed by atoms with van der Waals surface area (Å²) in [5.74, 6) is 1.99. The fourth-order valence-corrected chi connectivity index (χ4v) is 3.98. The molecule has 0 fully saturated rings. The SMILES string of the molecule is COc1ccc(S(=O)(=O)Nc2ccc(Oc3ccc(-n4cccn4)nn3)cc2)cc1C. The smallest absolute Gasteiger partial charge is 0.261 e. The summed E-state index contributed by atoms with van der Waals surface area (Å²) >= 11 is 0.